The van der Waals surface area contributed by atoms with Crippen molar-refractivity contribution >= 4 is 0 Å². The number of hydrogen-bond acceptors (Lipinski definition) is 2. The van der Waals surface area contributed by atoms with Gasteiger partial charge in [-0.1, -0.05) is 12.1 Å². The maximum absolute atomic E-state index is 12.3. The van der Waals surface area contributed by atoms with Crippen molar-refractivity contribution in [1.82, 2.24) is 9.97 Å². The highest BCUT2D eigenvalue weighted by Gasteiger charge is 2.33. The van der Waals surface area contributed by atoms with E-state index in [1.165, 1.54) is 0 Å². The van der Waals surface area contributed by atoms with Crippen LogP contribution in [0.2, 0.25) is 0 Å². The molecule has 20 heavy (non-hydrogen) atoms. The highest BCUT2D eigenvalue weighted by Crippen LogP contribution is 2.30. The van der Waals surface area contributed by atoms with Crippen LogP contribution in [0.3, 0.4) is 0 Å². The second-order valence-corrected chi connectivity index (χ2v) is 3.86. The second kappa shape index (κ2) is 4.77. The van der Waals surface area contributed by atoms with E-state index in [1.54, 1.807) is 0 Å². The molecule has 0 saturated heterocycles. The highest BCUT2D eigenvalue weighted by molar-refractivity contribution is 5.61. The van der Waals surface area contributed by atoms with Crippen LogP contribution in [0.25, 0.3) is 11.1 Å². The Balaban J connectivity index is 2.29. The lowest BCUT2D eigenvalue weighted by atomic mass is 10.1. The predicted octanol–water partition coefficient (Wildman–Crippen LogP) is 4.18. The molecule has 2 heterocycles. The van der Waals surface area contributed by atoms with Crippen LogP contribution in [0.15, 0.2) is 36.7 Å². The third kappa shape index (κ3) is 3.06. The van der Waals surface area contributed by atoms with Crippen molar-refractivity contribution in [2.75, 3.05) is 0 Å². The lowest BCUT2D eigenvalue weighted by Gasteiger charge is -2.08. The van der Waals surface area contributed by atoms with Gasteiger partial charge in [0.1, 0.15) is 11.4 Å². The molecule has 106 valence electrons. The molecule has 0 aromatic carbocycles. The molecule has 0 bridgehead atoms. The lowest BCUT2D eigenvalue weighted by molar-refractivity contribution is -0.142. The minimum Gasteiger partial charge on any atom is -0.251 e. The van der Waals surface area contributed by atoms with E-state index in [2.05, 4.69) is 9.97 Å². The molecule has 0 atom stereocenters. The van der Waals surface area contributed by atoms with Gasteiger partial charge in [0.2, 0.25) is 0 Å². The SMILES string of the molecule is FC(F)(F)c1ccc(-c2ccc(C(F)(F)F)nc2)cn1. The number of rotatable bonds is 1. The van der Waals surface area contributed by atoms with Gasteiger partial charge in [-0.25, -0.2) is 0 Å². The molecule has 0 fully saturated rings. The van der Waals surface area contributed by atoms with Gasteiger partial charge in [-0.3, -0.25) is 9.97 Å². The maximum atomic E-state index is 12.3. The summed E-state index contributed by atoms with van der Waals surface area (Å²) in [7, 11) is 0. The molecule has 2 aromatic heterocycles. The molecule has 0 aliphatic rings. The second-order valence-electron chi connectivity index (χ2n) is 3.86. The fourth-order valence-electron chi connectivity index (χ4n) is 1.46. The first-order valence-electron chi connectivity index (χ1n) is 5.25. The number of pyridine rings is 2. The molecular weight excluding hydrogens is 286 g/mol. The summed E-state index contributed by atoms with van der Waals surface area (Å²) >= 11 is 0. The Bertz CT molecular complexity index is 528. The summed E-state index contributed by atoms with van der Waals surface area (Å²) in [6, 6.07) is 3.76. The van der Waals surface area contributed by atoms with E-state index in [0.717, 1.165) is 36.7 Å². The molecule has 0 radical (unpaired) electrons. The number of aromatic nitrogens is 2. The summed E-state index contributed by atoms with van der Waals surface area (Å²) in [5.41, 5.74) is -1.64. The summed E-state index contributed by atoms with van der Waals surface area (Å²) in [4.78, 5) is 6.45. The number of halogens is 6. The molecule has 0 saturated carbocycles. The maximum Gasteiger partial charge on any atom is 0.433 e. The zero-order valence-corrected chi connectivity index (χ0v) is 9.63. The number of alkyl halides is 6. The van der Waals surface area contributed by atoms with Crippen molar-refractivity contribution < 1.29 is 26.3 Å². The third-order valence-electron chi connectivity index (χ3n) is 2.44. The van der Waals surface area contributed by atoms with E-state index >= 15 is 0 Å². The fourth-order valence-corrected chi connectivity index (χ4v) is 1.46. The van der Waals surface area contributed by atoms with Crippen molar-refractivity contribution in [3.63, 3.8) is 0 Å². The van der Waals surface area contributed by atoms with Gasteiger partial charge in [0.05, 0.1) is 0 Å². The first-order valence-corrected chi connectivity index (χ1v) is 5.25. The summed E-state index contributed by atoms with van der Waals surface area (Å²) in [5.74, 6) is 0. The van der Waals surface area contributed by atoms with E-state index < -0.39 is 23.7 Å². The van der Waals surface area contributed by atoms with Crippen LogP contribution in [0, 0.1) is 0 Å². The van der Waals surface area contributed by atoms with Gasteiger partial charge in [-0.05, 0) is 12.1 Å². The van der Waals surface area contributed by atoms with E-state index in [0.29, 0.717) is 0 Å². The molecule has 8 heteroatoms. The van der Waals surface area contributed by atoms with Crippen LogP contribution in [0.4, 0.5) is 26.3 Å². The Morgan fingerprint density at radius 2 is 0.950 bits per heavy atom. The largest absolute Gasteiger partial charge is 0.433 e. The molecule has 0 aliphatic heterocycles. The smallest absolute Gasteiger partial charge is 0.251 e. The van der Waals surface area contributed by atoms with Crippen LogP contribution in [-0.2, 0) is 12.4 Å². The Labute approximate surface area is 109 Å². The average Bonchev–Trinajstić information content (AvgIpc) is 2.37. The summed E-state index contributed by atoms with van der Waals surface area (Å²) in [5, 5.41) is 0. The van der Waals surface area contributed by atoms with Gasteiger partial charge >= 0.3 is 12.4 Å². The molecule has 2 nitrogen and oxygen atoms in total. The van der Waals surface area contributed by atoms with Crippen LogP contribution in [-0.4, -0.2) is 9.97 Å². The molecule has 2 aromatic rings. The monoisotopic (exact) mass is 292 g/mol. The first kappa shape index (κ1) is 14.3. The van der Waals surface area contributed by atoms with Gasteiger partial charge in [-0.15, -0.1) is 0 Å². The van der Waals surface area contributed by atoms with Crippen LogP contribution >= 0.6 is 0 Å². The summed E-state index contributed by atoms with van der Waals surface area (Å²) in [6.45, 7) is 0. The molecule has 0 unspecified atom stereocenters. The minimum atomic E-state index is -4.56. The van der Waals surface area contributed by atoms with Gasteiger partial charge in [0.15, 0.2) is 0 Å². The number of hydrogen-bond donors (Lipinski definition) is 0. The molecule has 0 amide bonds. The van der Waals surface area contributed by atoms with E-state index in [1.807, 2.05) is 0 Å². The van der Waals surface area contributed by atoms with E-state index in [9.17, 15) is 26.3 Å². The van der Waals surface area contributed by atoms with Gasteiger partial charge in [-0.2, -0.15) is 26.3 Å². The van der Waals surface area contributed by atoms with Crippen molar-refractivity contribution in [1.29, 1.82) is 0 Å². The molecule has 0 spiro atoms. The van der Waals surface area contributed by atoms with Crippen molar-refractivity contribution in [2.45, 2.75) is 12.4 Å². The Morgan fingerprint density at radius 3 is 1.15 bits per heavy atom. The average molecular weight is 292 g/mol. The van der Waals surface area contributed by atoms with Gasteiger partial charge in [0, 0.05) is 23.5 Å². The van der Waals surface area contributed by atoms with Crippen molar-refractivity contribution in [2.24, 2.45) is 0 Å². The van der Waals surface area contributed by atoms with Crippen LogP contribution < -0.4 is 0 Å². The topological polar surface area (TPSA) is 25.8 Å². The van der Waals surface area contributed by atoms with Gasteiger partial charge < -0.3 is 0 Å². The first-order chi connectivity index (χ1) is 9.18. The zero-order chi connectivity index (χ0) is 15.0. The van der Waals surface area contributed by atoms with Crippen LogP contribution in [0.5, 0.6) is 0 Å². The van der Waals surface area contributed by atoms with E-state index in [-0.39, 0.29) is 11.1 Å². The lowest BCUT2D eigenvalue weighted by Crippen LogP contribution is -2.08. The van der Waals surface area contributed by atoms with Crippen molar-refractivity contribution in [3.05, 3.63) is 48.0 Å². The van der Waals surface area contributed by atoms with E-state index in [4.69, 9.17) is 0 Å². The van der Waals surface area contributed by atoms with Crippen LogP contribution in [0.1, 0.15) is 11.4 Å². The Morgan fingerprint density at radius 1 is 0.600 bits per heavy atom. The molecular formula is C12H6F6N2. The molecule has 0 aliphatic carbocycles. The van der Waals surface area contributed by atoms with Gasteiger partial charge in [0.25, 0.3) is 0 Å². The van der Waals surface area contributed by atoms with Crippen molar-refractivity contribution in [3.8, 4) is 11.1 Å². The zero-order valence-electron chi connectivity index (χ0n) is 9.63. The fraction of sp³-hybridized carbons (Fsp3) is 0.167. The summed E-state index contributed by atoms with van der Waals surface area (Å²) < 4.78 is 73.8. The third-order valence-corrected chi connectivity index (χ3v) is 2.44. The Hall–Kier alpha value is -2.12. The normalized spacial score (nSPS) is 12.5. The Kier molecular flexibility index (Phi) is 3.41. The highest BCUT2D eigenvalue weighted by atomic mass is 19.4. The molecule has 2 rings (SSSR count). The predicted molar refractivity (Wildman–Crippen MR) is 57.5 cm³/mol. The minimum absolute atomic E-state index is 0.249. The standard InChI is InChI=1S/C12H6F6N2/c13-11(14,15)9-3-1-7(5-19-9)8-2-4-10(20-6-8)12(16,17)18/h1-6H. The number of nitrogens with zero attached hydrogens (tertiary/aromatic N) is 2. The molecule has 0 N–H and O–H groups in total. The summed E-state index contributed by atoms with van der Waals surface area (Å²) in [6.07, 6.45) is -7.24. The quantitative estimate of drug-likeness (QED) is 0.737.